The molecule has 2 fully saturated rings. The number of ether oxygens (including phenoxy) is 1. The minimum absolute atomic E-state index is 0.0136. The van der Waals surface area contributed by atoms with Gasteiger partial charge in [0, 0.05) is 25.4 Å². The molecule has 0 radical (unpaired) electrons. The summed E-state index contributed by atoms with van der Waals surface area (Å²) in [6.45, 7) is 7.50. The Labute approximate surface area is 114 Å². The van der Waals surface area contributed by atoms with E-state index in [4.69, 9.17) is 4.74 Å². The summed E-state index contributed by atoms with van der Waals surface area (Å²) in [7, 11) is 0. The third-order valence-electron chi connectivity index (χ3n) is 4.65. The van der Waals surface area contributed by atoms with Gasteiger partial charge in [0.25, 0.3) is 0 Å². The van der Waals surface area contributed by atoms with Gasteiger partial charge in [0.2, 0.25) is 0 Å². The van der Waals surface area contributed by atoms with E-state index in [0.717, 1.165) is 6.42 Å². The number of carbonyl (C=O) groups is 2. The van der Waals surface area contributed by atoms with Gasteiger partial charge in [0.15, 0.2) is 0 Å². The molecular formula is C15H23NO3. The van der Waals surface area contributed by atoms with Crippen molar-refractivity contribution in [3.05, 3.63) is 12.2 Å². The van der Waals surface area contributed by atoms with E-state index in [2.05, 4.69) is 4.90 Å². The maximum absolute atomic E-state index is 12.4. The maximum Gasteiger partial charge on any atom is 0.326 e. The molecule has 19 heavy (non-hydrogen) atoms. The molecule has 3 atom stereocenters. The van der Waals surface area contributed by atoms with Crippen LogP contribution in [0, 0.1) is 11.8 Å². The second-order valence-corrected chi connectivity index (χ2v) is 5.56. The number of likely N-dealkylation sites (tertiary alicyclic amines) is 1. The van der Waals surface area contributed by atoms with Crippen LogP contribution in [-0.2, 0) is 14.3 Å². The van der Waals surface area contributed by atoms with Gasteiger partial charge >= 0.3 is 5.97 Å². The molecule has 0 amide bonds. The standard InChI is InChI=1S/C15H23NO3/c1-4-6-9-16-10-11-12(7-8-13(11)17)15(16,3)14(18)19-5-2/h4,6,11-12H,5,7-10H2,1-3H3/b6-4+/t11-,12-,15-/m1/s1. The number of fused-ring (bicyclic) bond motifs is 1. The number of carbonyl (C=O) groups excluding carboxylic acids is 2. The maximum atomic E-state index is 12.4. The van der Waals surface area contributed by atoms with E-state index in [0.29, 0.717) is 31.9 Å². The van der Waals surface area contributed by atoms with Gasteiger partial charge in [-0.3, -0.25) is 14.5 Å². The summed E-state index contributed by atoms with van der Waals surface area (Å²) in [6.07, 6.45) is 5.43. The van der Waals surface area contributed by atoms with E-state index >= 15 is 0 Å². The van der Waals surface area contributed by atoms with Crippen molar-refractivity contribution in [3.8, 4) is 0 Å². The summed E-state index contributed by atoms with van der Waals surface area (Å²) >= 11 is 0. The first kappa shape index (κ1) is 14.3. The van der Waals surface area contributed by atoms with Crippen LogP contribution in [-0.4, -0.2) is 41.9 Å². The number of esters is 1. The average Bonchev–Trinajstić information content (AvgIpc) is 2.88. The predicted octanol–water partition coefficient (Wildman–Crippen LogP) is 1.80. The Balaban J connectivity index is 2.27. The highest BCUT2D eigenvalue weighted by Gasteiger charge is 2.59. The predicted molar refractivity (Wildman–Crippen MR) is 72.6 cm³/mol. The third-order valence-corrected chi connectivity index (χ3v) is 4.65. The fourth-order valence-electron chi connectivity index (χ4n) is 3.53. The first-order valence-electron chi connectivity index (χ1n) is 7.11. The number of rotatable bonds is 4. The average molecular weight is 265 g/mol. The molecule has 4 nitrogen and oxygen atoms in total. The summed E-state index contributed by atoms with van der Waals surface area (Å²) in [5.41, 5.74) is -0.646. The second-order valence-electron chi connectivity index (χ2n) is 5.56. The van der Waals surface area contributed by atoms with Crippen LogP contribution >= 0.6 is 0 Å². The van der Waals surface area contributed by atoms with E-state index in [9.17, 15) is 9.59 Å². The first-order chi connectivity index (χ1) is 9.05. The van der Waals surface area contributed by atoms with Crippen LogP contribution in [0.2, 0.25) is 0 Å². The summed E-state index contributed by atoms with van der Waals surface area (Å²) < 4.78 is 5.27. The van der Waals surface area contributed by atoms with Crippen LogP contribution < -0.4 is 0 Å². The van der Waals surface area contributed by atoms with Gasteiger partial charge in [-0.2, -0.15) is 0 Å². The molecule has 106 valence electrons. The molecule has 0 aromatic heterocycles. The molecule has 2 rings (SSSR count). The van der Waals surface area contributed by atoms with Crippen molar-refractivity contribution >= 4 is 11.8 Å². The molecule has 1 aliphatic heterocycles. The Bertz CT molecular complexity index is 404. The molecule has 1 saturated carbocycles. The Morgan fingerprint density at radius 1 is 1.58 bits per heavy atom. The van der Waals surface area contributed by atoms with Crippen LogP contribution in [0.1, 0.15) is 33.6 Å². The minimum Gasteiger partial charge on any atom is -0.465 e. The first-order valence-corrected chi connectivity index (χ1v) is 7.11. The van der Waals surface area contributed by atoms with Crippen LogP contribution in [0.3, 0.4) is 0 Å². The Kier molecular flexibility index (Phi) is 4.09. The second kappa shape index (κ2) is 5.45. The molecule has 1 saturated heterocycles. The zero-order valence-corrected chi connectivity index (χ0v) is 12.0. The molecule has 0 bridgehead atoms. The number of hydrogen-bond acceptors (Lipinski definition) is 4. The Hall–Kier alpha value is -1.16. The third kappa shape index (κ3) is 2.22. The topological polar surface area (TPSA) is 46.6 Å². The number of nitrogens with zero attached hydrogens (tertiary/aromatic N) is 1. The summed E-state index contributed by atoms with van der Waals surface area (Å²) in [4.78, 5) is 26.4. The van der Waals surface area contributed by atoms with Gasteiger partial charge in [0.1, 0.15) is 11.3 Å². The number of allylic oxidation sites excluding steroid dienone is 1. The van der Waals surface area contributed by atoms with Crippen LogP contribution in [0.5, 0.6) is 0 Å². The molecule has 1 heterocycles. The van der Waals surface area contributed by atoms with Crippen molar-refractivity contribution in [3.63, 3.8) is 0 Å². The zero-order valence-electron chi connectivity index (χ0n) is 12.0. The lowest BCUT2D eigenvalue weighted by molar-refractivity contribution is -0.157. The molecule has 1 aliphatic carbocycles. The summed E-state index contributed by atoms with van der Waals surface area (Å²) in [5, 5.41) is 0. The number of Topliss-reactive ketones (excluding diaryl/α,β-unsaturated/α-hetero) is 1. The van der Waals surface area contributed by atoms with Crippen LogP contribution in [0.25, 0.3) is 0 Å². The van der Waals surface area contributed by atoms with E-state index in [1.807, 2.05) is 32.9 Å². The number of ketones is 1. The molecule has 0 spiro atoms. The molecule has 0 aromatic rings. The van der Waals surface area contributed by atoms with Gasteiger partial charge < -0.3 is 4.74 Å². The van der Waals surface area contributed by atoms with Gasteiger partial charge in [-0.05, 0) is 33.1 Å². The van der Waals surface area contributed by atoms with Gasteiger partial charge in [-0.1, -0.05) is 12.2 Å². The quantitative estimate of drug-likeness (QED) is 0.574. The SMILES string of the molecule is C/C=C/CN1C[C@H]2C(=O)CC[C@H]2[C@]1(C)C(=O)OCC. The molecule has 4 heteroatoms. The van der Waals surface area contributed by atoms with Crippen LogP contribution in [0.15, 0.2) is 12.2 Å². The molecule has 0 N–H and O–H groups in total. The largest absolute Gasteiger partial charge is 0.465 e. The normalized spacial score (nSPS) is 35.0. The zero-order chi connectivity index (χ0) is 14.0. The van der Waals surface area contributed by atoms with Crippen molar-refractivity contribution in [2.24, 2.45) is 11.8 Å². The monoisotopic (exact) mass is 265 g/mol. The van der Waals surface area contributed by atoms with E-state index in [1.165, 1.54) is 0 Å². The molecular weight excluding hydrogens is 242 g/mol. The number of hydrogen-bond donors (Lipinski definition) is 0. The lowest BCUT2D eigenvalue weighted by atomic mass is 9.82. The molecule has 0 aromatic carbocycles. The van der Waals surface area contributed by atoms with Crippen LogP contribution in [0.4, 0.5) is 0 Å². The van der Waals surface area contributed by atoms with Gasteiger partial charge in [-0.15, -0.1) is 0 Å². The Morgan fingerprint density at radius 3 is 2.95 bits per heavy atom. The fraction of sp³-hybridized carbons (Fsp3) is 0.733. The highest BCUT2D eigenvalue weighted by atomic mass is 16.5. The van der Waals surface area contributed by atoms with Gasteiger partial charge in [-0.25, -0.2) is 0 Å². The Morgan fingerprint density at radius 2 is 2.32 bits per heavy atom. The lowest BCUT2D eigenvalue weighted by Gasteiger charge is -2.35. The minimum atomic E-state index is -0.646. The summed E-state index contributed by atoms with van der Waals surface area (Å²) in [6, 6.07) is 0. The van der Waals surface area contributed by atoms with Crippen molar-refractivity contribution in [1.29, 1.82) is 0 Å². The van der Waals surface area contributed by atoms with Crippen molar-refractivity contribution in [2.75, 3.05) is 19.7 Å². The molecule has 0 unspecified atom stereocenters. The van der Waals surface area contributed by atoms with Crippen molar-refractivity contribution in [1.82, 2.24) is 4.90 Å². The van der Waals surface area contributed by atoms with Crippen molar-refractivity contribution < 1.29 is 14.3 Å². The lowest BCUT2D eigenvalue weighted by Crippen LogP contribution is -2.52. The van der Waals surface area contributed by atoms with E-state index in [1.54, 1.807) is 0 Å². The smallest absolute Gasteiger partial charge is 0.326 e. The van der Waals surface area contributed by atoms with E-state index in [-0.39, 0.29) is 17.8 Å². The fourth-order valence-corrected chi connectivity index (χ4v) is 3.53. The van der Waals surface area contributed by atoms with E-state index < -0.39 is 5.54 Å². The highest BCUT2D eigenvalue weighted by molar-refractivity contribution is 5.89. The molecule has 2 aliphatic rings. The summed E-state index contributed by atoms with van der Waals surface area (Å²) in [5.74, 6) is 0.258. The van der Waals surface area contributed by atoms with Crippen molar-refractivity contribution in [2.45, 2.75) is 39.2 Å². The van der Waals surface area contributed by atoms with Gasteiger partial charge in [0.05, 0.1) is 6.61 Å². The highest BCUT2D eigenvalue weighted by Crippen LogP contribution is 2.47.